The van der Waals surface area contributed by atoms with E-state index in [4.69, 9.17) is 0 Å². The van der Waals surface area contributed by atoms with Crippen LogP contribution in [-0.4, -0.2) is 35.1 Å². The molecule has 1 atom stereocenters. The molecule has 1 rings (SSSR count). The molecule has 0 saturated carbocycles. The molecule has 1 saturated heterocycles. The molecule has 0 aromatic carbocycles. The van der Waals surface area contributed by atoms with Crippen LogP contribution in [0.4, 0.5) is 0 Å². The summed E-state index contributed by atoms with van der Waals surface area (Å²) in [6, 6.07) is 0. The first kappa shape index (κ1) is 21.2. The molecular formula is C17H33NO2. The van der Waals surface area contributed by atoms with E-state index in [1.165, 1.54) is 5.57 Å². The van der Waals surface area contributed by atoms with E-state index in [0.717, 1.165) is 25.9 Å². The number of nitrogens with zero attached hydrogens (tertiary/aromatic N) is 1. The lowest BCUT2D eigenvalue weighted by Crippen LogP contribution is -2.36. The number of carbonyl (C=O) groups excluding carboxylic acids is 1. The molecule has 118 valence electrons. The van der Waals surface area contributed by atoms with Gasteiger partial charge < -0.3 is 10.0 Å². The molecule has 1 unspecified atom stereocenters. The van der Waals surface area contributed by atoms with Crippen molar-refractivity contribution in [3.63, 3.8) is 0 Å². The van der Waals surface area contributed by atoms with E-state index >= 15 is 0 Å². The minimum absolute atomic E-state index is 0.0926. The smallest absolute Gasteiger partial charge is 0.251 e. The molecule has 0 spiro atoms. The van der Waals surface area contributed by atoms with Crippen molar-refractivity contribution in [2.75, 3.05) is 13.1 Å². The van der Waals surface area contributed by atoms with Crippen LogP contribution in [0.1, 0.15) is 60.8 Å². The highest BCUT2D eigenvalue weighted by atomic mass is 16.3. The number of hydrogen-bond acceptors (Lipinski definition) is 2. The molecule has 1 aliphatic heterocycles. The third-order valence-corrected chi connectivity index (χ3v) is 2.71. The van der Waals surface area contributed by atoms with Gasteiger partial charge in [-0.05, 0) is 40.0 Å². The first-order chi connectivity index (χ1) is 9.52. The second kappa shape index (κ2) is 14.3. The van der Waals surface area contributed by atoms with Gasteiger partial charge in [0, 0.05) is 13.1 Å². The van der Waals surface area contributed by atoms with E-state index in [-0.39, 0.29) is 5.91 Å². The fourth-order valence-electron chi connectivity index (χ4n) is 1.61. The molecule has 1 heterocycles. The van der Waals surface area contributed by atoms with Crippen molar-refractivity contribution in [3.8, 4) is 0 Å². The van der Waals surface area contributed by atoms with Crippen molar-refractivity contribution in [2.45, 2.75) is 66.9 Å². The highest BCUT2D eigenvalue weighted by Gasteiger charge is 2.22. The fraction of sp³-hybridized carbons (Fsp3) is 0.706. The van der Waals surface area contributed by atoms with E-state index in [9.17, 15) is 9.90 Å². The Labute approximate surface area is 125 Å². The lowest BCUT2D eigenvalue weighted by atomic mass is 10.2. The molecule has 1 fully saturated rings. The fourth-order valence-corrected chi connectivity index (χ4v) is 1.61. The summed E-state index contributed by atoms with van der Waals surface area (Å²) in [7, 11) is 0. The van der Waals surface area contributed by atoms with E-state index in [0.29, 0.717) is 6.42 Å². The molecule has 1 amide bonds. The summed E-state index contributed by atoms with van der Waals surface area (Å²) in [5.41, 5.74) is 1.35. The summed E-state index contributed by atoms with van der Waals surface area (Å²) in [6.45, 7) is 13.7. The number of amides is 1. The van der Waals surface area contributed by atoms with Crippen molar-refractivity contribution in [1.82, 2.24) is 4.90 Å². The van der Waals surface area contributed by atoms with Crippen LogP contribution in [0, 0.1) is 0 Å². The molecule has 0 aliphatic carbocycles. The van der Waals surface area contributed by atoms with E-state index < -0.39 is 6.10 Å². The number of aliphatic hydroxyl groups excluding tert-OH is 1. The van der Waals surface area contributed by atoms with Gasteiger partial charge in [0.25, 0.3) is 5.91 Å². The first-order valence-corrected chi connectivity index (χ1v) is 7.76. The van der Waals surface area contributed by atoms with Gasteiger partial charge in [0.1, 0.15) is 6.10 Å². The third kappa shape index (κ3) is 10.8. The number of rotatable bonds is 3. The average Bonchev–Trinajstić information content (AvgIpc) is 3.00. The Balaban J connectivity index is 0. The Hall–Kier alpha value is -1.09. The summed E-state index contributed by atoms with van der Waals surface area (Å²) in [4.78, 5) is 13.0. The zero-order valence-corrected chi connectivity index (χ0v) is 14.1. The normalized spacial score (nSPS) is 14.8. The molecule has 0 radical (unpaired) electrons. The quantitative estimate of drug-likeness (QED) is 0.797. The second-order valence-corrected chi connectivity index (χ2v) is 4.73. The summed E-state index contributed by atoms with van der Waals surface area (Å²) in [5, 5.41) is 9.20. The Morgan fingerprint density at radius 1 is 1.25 bits per heavy atom. The second-order valence-electron chi connectivity index (χ2n) is 4.73. The van der Waals surface area contributed by atoms with Crippen molar-refractivity contribution < 1.29 is 9.90 Å². The maximum absolute atomic E-state index is 11.3. The van der Waals surface area contributed by atoms with Gasteiger partial charge in [-0.2, -0.15) is 0 Å². The Bertz CT molecular complexity index is 285. The van der Waals surface area contributed by atoms with Gasteiger partial charge in [-0.15, -0.1) is 0 Å². The zero-order valence-electron chi connectivity index (χ0n) is 14.1. The molecule has 1 N–H and O–H groups in total. The standard InChI is InChI=1S/C8H15NO2.C7H12.C2H6/c1-2-7(10)8(11)9-5-3-4-6-9;1-4-5-6-7(2)3;1-2/h7,10H,2-6H2,1H3;4-6H,1-3H3;1-2H3/b;5-4-;. The van der Waals surface area contributed by atoms with Gasteiger partial charge >= 0.3 is 0 Å². The van der Waals surface area contributed by atoms with Crippen molar-refractivity contribution in [3.05, 3.63) is 23.8 Å². The van der Waals surface area contributed by atoms with Gasteiger partial charge in [0.15, 0.2) is 0 Å². The predicted octanol–water partition coefficient (Wildman–Crippen LogP) is 3.93. The minimum Gasteiger partial charge on any atom is -0.383 e. The zero-order chi connectivity index (χ0) is 16.0. The molecule has 0 aromatic rings. The molecule has 3 heteroatoms. The van der Waals surface area contributed by atoms with Crippen LogP contribution in [0.15, 0.2) is 23.8 Å². The van der Waals surface area contributed by atoms with E-state index in [1.54, 1.807) is 4.90 Å². The van der Waals surface area contributed by atoms with Crippen molar-refractivity contribution in [2.24, 2.45) is 0 Å². The van der Waals surface area contributed by atoms with Gasteiger partial charge in [-0.25, -0.2) is 0 Å². The van der Waals surface area contributed by atoms with E-state index in [2.05, 4.69) is 19.9 Å². The summed E-state index contributed by atoms with van der Waals surface area (Å²) in [6.07, 6.45) is 8.07. The molecule has 3 nitrogen and oxygen atoms in total. The number of carbonyl (C=O) groups is 1. The summed E-state index contributed by atoms with van der Waals surface area (Å²) >= 11 is 0. The average molecular weight is 283 g/mol. The van der Waals surface area contributed by atoms with Crippen molar-refractivity contribution >= 4 is 5.91 Å². The van der Waals surface area contributed by atoms with Crippen LogP contribution in [-0.2, 0) is 4.79 Å². The Kier molecular flexibility index (Phi) is 15.2. The molecule has 0 bridgehead atoms. The molecule has 0 aromatic heterocycles. The van der Waals surface area contributed by atoms with Crippen molar-refractivity contribution in [1.29, 1.82) is 0 Å². The Morgan fingerprint density at radius 3 is 2.05 bits per heavy atom. The van der Waals surface area contributed by atoms with Crippen LogP contribution in [0.25, 0.3) is 0 Å². The number of aliphatic hydroxyl groups is 1. The summed E-state index contributed by atoms with van der Waals surface area (Å²) in [5.74, 6) is -0.0926. The summed E-state index contributed by atoms with van der Waals surface area (Å²) < 4.78 is 0. The molecule has 20 heavy (non-hydrogen) atoms. The number of likely N-dealkylation sites (tertiary alicyclic amines) is 1. The van der Waals surface area contributed by atoms with E-state index in [1.807, 2.05) is 39.8 Å². The van der Waals surface area contributed by atoms with Gasteiger partial charge in [-0.3, -0.25) is 4.79 Å². The SMILES string of the molecule is C/C=C\C=C(C)C.CC.CCC(O)C(=O)N1CCCC1. The largest absolute Gasteiger partial charge is 0.383 e. The van der Waals surface area contributed by atoms with Crippen LogP contribution < -0.4 is 0 Å². The van der Waals surface area contributed by atoms with Gasteiger partial charge in [0.05, 0.1) is 0 Å². The van der Waals surface area contributed by atoms with Crippen LogP contribution in [0.3, 0.4) is 0 Å². The van der Waals surface area contributed by atoms with Gasteiger partial charge in [0.2, 0.25) is 0 Å². The topological polar surface area (TPSA) is 40.5 Å². The number of hydrogen-bond donors (Lipinski definition) is 1. The highest BCUT2D eigenvalue weighted by Crippen LogP contribution is 2.09. The first-order valence-electron chi connectivity index (χ1n) is 7.76. The van der Waals surface area contributed by atoms with Crippen LogP contribution >= 0.6 is 0 Å². The number of allylic oxidation sites excluding steroid dienone is 4. The lowest BCUT2D eigenvalue weighted by Gasteiger charge is -2.17. The van der Waals surface area contributed by atoms with Gasteiger partial charge in [-0.1, -0.05) is 44.6 Å². The Morgan fingerprint density at radius 2 is 1.75 bits per heavy atom. The predicted molar refractivity (Wildman–Crippen MR) is 87.7 cm³/mol. The minimum atomic E-state index is -0.770. The highest BCUT2D eigenvalue weighted by molar-refractivity contribution is 5.80. The lowest BCUT2D eigenvalue weighted by molar-refractivity contribution is -0.139. The maximum atomic E-state index is 11.3. The third-order valence-electron chi connectivity index (χ3n) is 2.71. The monoisotopic (exact) mass is 283 g/mol. The maximum Gasteiger partial charge on any atom is 0.251 e. The molecular weight excluding hydrogens is 250 g/mol. The van der Waals surface area contributed by atoms with Crippen LogP contribution in [0.2, 0.25) is 0 Å². The molecule has 1 aliphatic rings. The van der Waals surface area contributed by atoms with Crippen LogP contribution in [0.5, 0.6) is 0 Å².